The quantitative estimate of drug-likeness (QED) is 0.612. The Hall–Kier alpha value is -1.37. The third-order valence-corrected chi connectivity index (χ3v) is 1.95. The van der Waals surface area contributed by atoms with Crippen LogP contribution in [0, 0.1) is 0 Å². The Bertz CT molecular complexity index is 425. The van der Waals surface area contributed by atoms with Crippen LogP contribution in [0.4, 0.5) is 0 Å². The summed E-state index contributed by atoms with van der Waals surface area (Å²) in [5.74, 6) is -1.35. The molecule has 1 rings (SSSR count). The lowest BCUT2D eigenvalue weighted by atomic mass is 10.2. The van der Waals surface area contributed by atoms with E-state index in [-0.39, 0.29) is 15.7 Å². The molecule has 0 atom stereocenters. The maximum Gasteiger partial charge on any atom is 0.276 e. The molecule has 0 bridgehead atoms. The van der Waals surface area contributed by atoms with Gasteiger partial charge in [-0.1, -0.05) is 23.2 Å². The maximum atomic E-state index is 11.4. The van der Waals surface area contributed by atoms with Crippen molar-refractivity contribution in [2.24, 2.45) is 5.73 Å². The third kappa shape index (κ3) is 3.65. The van der Waals surface area contributed by atoms with Crippen molar-refractivity contribution in [1.82, 2.24) is 10.5 Å². The summed E-state index contributed by atoms with van der Waals surface area (Å²) in [7, 11) is 0. The first-order valence-corrected chi connectivity index (χ1v) is 4.78. The van der Waals surface area contributed by atoms with Gasteiger partial charge in [0, 0.05) is 6.20 Å². The van der Waals surface area contributed by atoms with E-state index in [4.69, 9.17) is 28.9 Å². The van der Waals surface area contributed by atoms with Gasteiger partial charge in [-0.3, -0.25) is 14.4 Å². The van der Waals surface area contributed by atoms with E-state index in [1.54, 1.807) is 0 Å². The summed E-state index contributed by atoms with van der Waals surface area (Å²) >= 11 is 11.3. The largest absolute Gasteiger partial charge is 0.368 e. The molecule has 0 aliphatic rings. The number of aromatic nitrogens is 1. The van der Waals surface area contributed by atoms with E-state index in [0.29, 0.717) is 0 Å². The van der Waals surface area contributed by atoms with Gasteiger partial charge < -0.3 is 5.73 Å². The van der Waals surface area contributed by atoms with Crippen LogP contribution in [-0.2, 0) is 9.63 Å². The Kier molecular flexibility index (Phi) is 4.48. The van der Waals surface area contributed by atoms with Gasteiger partial charge in [0.15, 0.2) is 6.61 Å². The molecule has 6 nitrogen and oxygen atoms in total. The number of amides is 2. The maximum absolute atomic E-state index is 11.4. The fourth-order valence-electron chi connectivity index (χ4n) is 0.815. The Morgan fingerprint density at radius 3 is 2.81 bits per heavy atom. The molecule has 1 aromatic heterocycles. The molecule has 0 spiro atoms. The Balaban J connectivity index is 2.65. The highest BCUT2D eigenvalue weighted by molar-refractivity contribution is 6.35. The highest BCUT2D eigenvalue weighted by atomic mass is 35.5. The van der Waals surface area contributed by atoms with Crippen molar-refractivity contribution in [3.8, 4) is 0 Å². The summed E-state index contributed by atoms with van der Waals surface area (Å²) < 4.78 is 0. The fraction of sp³-hybridized carbons (Fsp3) is 0.125. The van der Waals surface area contributed by atoms with E-state index in [0.717, 1.165) is 0 Å². The SMILES string of the molecule is NC(=O)CONC(=O)c1cc(Cl)ncc1Cl. The molecule has 0 fully saturated rings. The van der Waals surface area contributed by atoms with Gasteiger partial charge >= 0.3 is 0 Å². The lowest BCUT2D eigenvalue weighted by Crippen LogP contribution is -2.29. The number of hydrogen-bond donors (Lipinski definition) is 2. The van der Waals surface area contributed by atoms with Gasteiger partial charge in [-0.15, -0.1) is 0 Å². The van der Waals surface area contributed by atoms with Crippen LogP contribution >= 0.6 is 23.2 Å². The van der Waals surface area contributed by atoms with Crippen molar-refractivity contribution in [2.45, 2.75) is 0 Å². The average Bonchev–Trinajstić information content (AvgIpc) is 2.21. The van der Waals surface area contributed by atoms with Gasteiger partial charge in [-0.2, -0.15) is 0 Å². The predicted molar refractivity (Wildman–Crippen MR) is 56.9 cm³/mol. The fourth-order valence-corrected chi connectivity index (χ4v) is 1.16. The minimum Gasteiger partial charge on any atom is -0.368 e. The number of hydroxylamine groups is 1. The van der Waals surface area contributed by atoms with E-state index in [1.807, 2.05) is 5.48 Å². The molecule has 0 saturated heterocycles. The number of nitrogens with one attached hydrogen (secondary N) is 1. The number of rotatable bonds is 4. The van der Waals surface area contributed by atoms with E-state index in [9.17, 15) is 9.59 Å². The zero-order chi connectivity index (χ0) is 12.1. The number of primary amides is 1. The monoisotopic (exact) mass is 263 g/mol. The van der Waals surface area contributed by atoms with Gasteiger partial charge in [0.2, 0.25) is 5.91 Å². The number of hydrogen-bond acceptors (Lipinski definition) is 4. The number of pyridine rings is 1. The minimum atomic E-state index is -0.709. The molecule has 0 radical (unpaired) electrons. The Morgan fingerprint density at radius 2 is 2.19 bits per heavy atom. The Labute approximate surface area is 101 Å². The van der Waals surface area contributed by atoms with E-state index >= 15 is 0 Å². The molecule has 1 aromatic rings. The smallest absolute Gasteiger partial charge is 0.276 e. The van der Waals surface area contributed by atoms with Crippen molar-refractivity contribution >= 4 is 35.0 Å². The number of carbonyl (C=O) groups excluding carboxylic acids is 2. The van der Waals surface area contributed by atoms with Crippen LogP contribution in [0.1, 0.15) is 10.4 Å². The first kappa shape index (κ1) is 12.7. The highest BCUT2D eigenvalue weighted by Gasteiger charge is 2.11. The second-order valence-electron chi connectivity index (χ2n) is 2.67. The number of nitrogens with two attached hydrogens (primary N) is 1. The van der Waals surface area contributed by atoms with Crippen LogP contribution in [0.3, 0.4) is 0 Å². The number of halogens is 2. The summed E-state index contributed by atoms with van der Waals surface area (Å²) in [4.78, 5) is 29.9. The molecule has 1 heterocycles. The molecular weight excluding hydrogens is 257 g/mol. The molecule has 3 N–H and O–H groups in total. The second-order valence-corrected chi connectivity index (χ2v) is 3.47. The first-order valence-electron chi connectivity index (χ1n) is 4.02. The number of nitrogens with zero attached hydrogens (tertiary/aromatic N) is 1. The van der Waals surface area contributed by atoms with Crippen molar-refractivity contribution in [1.29, 1.82) is 0 Å². The topological polar surface area (TPSA) is 94.3 Å². The summed E-state index contributed by atoms with van der Waals surface area (Å²) in [6, 6.07) is 1.27. The van der Waals surface area contributed by atoms with Gasteiger partial charge in [-0.25, -0.2) is 10.5 Å². The lowest BCUT2D eigenvalue weighted by Gasteiger charge is -2.05. The lowest BCUT2D eigenvalue weighted by molar-refractivity contribution is -0.124. The van der Waals surface area contributed by atoms with E-state index < -0.39 is 18.4 Å². The van der Waals surface area contributed by atoms with Crippen LogP contribution in [0.15, 0.2) is 12.3 Å². The highest BCUT2D eigenvalue weighted by Crippen LogP contribution is 2.17. The molecule has 8 heteroatoms. The van der Waals surface area contributed by atoms with Gasteiger partial charge in [0.25, 0.3) is 5.91 Å². The van der Waals surface area contributed by atoms with E-state index in [2.05, 4.69) is 9.82 Å². The molecular formula is C8H7Cl2N3O3. The van der Waals surface area contributed by atoms with Crippen molar-refractivity contribution < 1.29 is 14.4 Å². The van der Waals surface area contributed by atoms with Crippen LogP contribution in [0.2, 0.25) is 10.2 Å². The summed E-state index contributed by atoms with van der Waals surface area (Å²) in [5.41, 5.74) is 6.88. The second kappa shape index (κ2) is 5.64. The van der Waals surface area contributed by atoms with Crippen LogP contribution < -0.4 is 11.2 Å². The zero-order valence-corrected chi connectivity index (χ0v) is 9.38. The molecule has 0 aliphatic heterocycles. The molecule has 0 aromatic carbocycles. The standard InChI is InChI=1S/C8H7Cl2N3O3/c9-5-2-12-6(10)1-4(5)8(15)13-16-3-7(11)14/h1-2H,3H2,(H2,11,14)(H,13,15). The first-order chi connectivity index (χ1) is 7.50. The van der Waals surface area contributed by atoms with Crippen molar-refractivity contribution in [3.63, 3.8) is 0 Å². The normalized spacial score (nSPS) is 9.88. The Morgan fingerprint density at radius 1 is 1.50 bits per heavy atom. The van der Waals surface area contributed by atoms with Gasteiger partial charge in [0.1, 0.15) is 5.15 Å². The summed E-state index contributed by atoms with van der Waals surface area (Å²) in [6.45, 7) is -0.428. The molecule has 0 saturated carbocycles. The summed E-state index contributed by atoms with van der Waals surface area (Å²) in [5, 5.41) is 0.231. The van der Waals surface area contributed by atoms with E-state index in [1.165, 1.54) is 12.3 Å². The molecule has 86 valence electrons. The predicted octanol–water partition coefficient (Wildman–Crippen LogP) is 0.535. The molecule has 0 aliphatic carbocycles. The van der Waals surface area contributed by atoms with Crippen LogP contribution in [0.25, 0.3) is 0 Å². The van der Waals surface area contributed by atoms with Crippen LogP contribution in [0.5, 0.6) is 0 Å². The number of carbonyl (C=O) groups is 2. The van der Waals surface area contributed by atoms with Gasteiger partial charge in [-0.05, 0) is 6.07 Å². The van der Waals surface area contributed by atoms with Gasteiger partial charge in [0.05, 0.1) is 10.6 Å². The average molecular weight is 264 g/mol. The summed E-state index contributed by atoms with van der Waals surface area (Å²) in [6.07, 6.45) is 1.23. The minimum absolute atomic E-state index is 0.0890. The molecule has 2 amide bonds. The van der Waals surface area contributed by atoms with Crippen molar-refractivity contribution in [3.05, 3.63) is 28.0 Å². The molecule has 16 heavy (non-hydrogen) atoms. The molecule has 0 unspecified atom stereocenters. The van der Waals surface area contributed by atoms with Crippen molar-refractivity contribution in [2.75, 3.05) is 6.61 Å². The van der Waals surface area contributed by atoms with Crippen LogP contribution in [-0.4, -0.2) is 23.4 Å². The third-order valence-electron chi connectivity index (χ3n) is 1.45. The zero-order valence-electron chi connectivity index (χ0n) is 7.87.